The summed E-state index contributed by atoms with van der Waals surface area (Å²) in [4.78, 5) is 52.8. The smallest absolute Gasteiger partial charge is 0.341 e. The van der Waals surface area contributed by atoms with Crippen LogP contribution in [0.25, 0.3) is 10.9 Å². The van der Waals surface area contributed by atoms with Gasteiger partial charge in [-0.25, -0.2) is 4.79 Å². The number of hydrogen-bond acceptors (Lipinski definition) is 7. The Morgan fingerprint density at radius 1 is 1.30 bits per heavy atom. The molecule has 1 aliphatic rings. The second-order valence-electron chi connectivity index (χ2n) is 5.82. The van der Waals surface area contributed by atoms with Gasteiger partial charge in [-0.3, -0.25) is 24.3 Å². The van der Waals surface area contributed by atoms with Gasteiger partial charge in [0.2, 0.25) is 5.91 Å². The van der Waals surface area contributed by atoms with Crippen LogP contribution in [0.2, 0.25) is 0 Å². The number of imide groups is 1. The van der Waals surface area contributed by atoms with Crippen LogP contribution in [0, 0.1) is 0 Å². The topological polar surface area (TPSA) is 106 Å². The Morgan fingerprint density at radius 3 is 2.81 bits per heavy atom. The monoisotopic (exact) mass is 387 g/mol. The van der Waals surface area contributed by atoms with Gasteiger partial charge in [-0.1, -0.05) is 30.0 Å². The van der Waals surface area contributed by atoms with Gasteiger partial charge >= 0.3 is 5.97 Å². The molecule has 8 nitrogen and oxygen atoms in total. The number of thioether (sulfide) groups is 1. The number of pyridine rings is 1. The molecule has 0 spiro atoms. The molecule has 2 heterocycles. The van der Waals surface area contributed by atoms with Crippen molar-refractivity contribution in [2.75, 3.05) is 18.8 Å². The van der Waals surface area contributed by atoms with Crippen LogP contribution in [0.1, 0.15) is 17.3 Å². The summed E-state index contributed by atoms with van der Waals surface area (Å²) in [5, 5.41) is 3.03. The zero-order chi connectivity index (χ0) is 19.4. The van der Waals surface area contributed by atoms with Crippen LogP contribution in [0.3, 0.4) is 0 Å². The second kappa shape index (κ2) is 8.17. The van der Waals surface area contributed by atoms with E-state index in [1.54, 1.807) is 24.4 Å². The Labute approximate surface area is 159 Å². The third-order valence-electron chi connectivity index (χ3n) is 3.98. The number of hydrogen-bond donors (Lipinski definition) is 1. The van der Waals surface area contributed by atoms with E-state index in [1.807, 2.05) is 12.1 Å². The Kier molecular flexibility index (Phi) is 5.70. The molecule has 0 saturated carbocycles. The number of aromatic nitrogens is 1. The van der Waals surface area contributed by atoms with Crippen molar-refractivity contribution in [2.45, 2.75) is 13.0 Å². The van der Waals surface area contributed by atoms with Crippen molar-refractivity contribution in [2.24, 2.45) is 0 Å². The molecule has 0 bridgehead atoms. The maximum atomic E-state index is 12.4. The molecular weight excluding hydrogens is 370 g/mol. The first-order chi connectivity index (χ1) is 13.0. The third kappa shape index (κ3) is 4.25. The minimum absolute atomic E-state index is 0.0876. The van der Waals surface area contributed by atoms with Gasteiger partial charge in [0, 0.05) is 24.7 Å². The van der Waals surface area contributed by atoms with E-state index in [9.17, 15) is 19.2 Å². The third-order valence-corrected chi connectivity index (χ3v) is 4.84. The summed E-state index contributed by atoms with van der Waals surface area (Å²) in [5.74, 6) is -1.31. The van der Waals surface area contributed by atoms with Crippen LogP contribution in [-0.2, 0) is 14.3 Å². The average Bonchev–Trinajstić information content (AvgIpc) is 2.99. The largest absolute Gasteiger partial charge is 0.449 e. The number of esters is 1. The van der Waals surface area contributed by atoms with Crippen LogP contribution in [0.4, 0.5) is 4.79 Å². The summed E-state index contributed by atoms with van der Waals surface area (Å²) in [6.07, 6.45) is 0.546. The van der Waals surface area contributed by atoms with E-state index < -0.39 is 18.0 Å². The lowest BCUT2D eigenvalue weighted by Crippen LogP contribution is -2.41. The lowest BCUT2D eigenvalue weighted by molar-refractivity contribution is -0.130. The number of carbonyl (C=O) groups excluding carboxylic acids is 4. The lowest BCUT2D eigenvalue weighted by atomic mass is 10.1. The Morgan fingerprint density at radius 2 is 2.07 bits per heavy atom. The van der Waals surface area contributed by atoms with Crippen molar-refractivity contribution >= 4 is 45.7 Å². The van der Waals surface area contributed by atoms with E-state index in [0.717, 1.165) is 22.0 Å². The molecule has 27 heavy (non-hydrogen) atoms. The zero-order valence-electron chi connectivity index (χ0n) is 14.5. The van der Waals surface area contributed by atoms with Crippen molar-refractivity contribution < 1.29 is 23.9 Å². The Hall–Kier alpha value is -2.94. The average molecular weight is 387 g/mol. The molecule has 1 saturated heterocycles. The van der Waals surface area contributed by atoms with E-state index >= 15 is 0 Å². The van der Waals surface area contributed by atoms with Crippen LogP contribution in [-0.4, -0.2) is 57.9 Å². The number of rotatable bonds is 6. The second-order valence-corrected chi connectivity index (χ2v) is 6.75. The fourth-order valence-corrected chi connectivity index (χ4v) is 3.33. The van der Waals surface area contributed by atoms with E-state index in [-0.39, 0.29) is 35.6 Å². The van der Waals surface area contributed by atoms with Gasteiger partial charge in [-0.05, 0) is 19.1 Å². The van der Waals surface area contributed by atoms with Crippen LogP contribution in [0.15, 0.2) is 36.5 Å². The molecule has 2 aromatic rings. The number of benzene rings is 1. The maximum absolute atomic E-state index is 12.4. The normalized spacial score (nSPS) is 15.1. The van der Waals surface area contributed by atoms with Gasteiger partial charge in [-0.2, -0.15) is 0 Å². The fourth-order valence-electron chi connectivity index (χ4n) is 2.58. The van der Waals surface area contributed by atoms with Gasteiger partial charge in [0.05, 0.1) is 16.8 Å². The van der Waals surface area contributed by atoms with Crippen LogP contribution in [0.5, 0.6) is 0 Å². The molecule has 1 aliphatic heterocycles. The molecule has 0 radical (unpaired) electrons. The number of nitrogens with one attached hydrogen (secondary N) is 1. The summed E-state index contributed by atoms with van der Waals surface area (Å²) < 4.78 is 5.23. The van der Waals surface area contributed by atoms with Gasteiger partial charge in [0.25, 0.3) is 11.1 Å². The number of nitrogens with zero attached hydrogens (tertiary/aromatic N) is 2. The first-order valence-electron chi connectivity index (χ1n) is 8.27. The minimum Gasteiger partial charge on any atom is -0.449 e. The van der Waals surface area contributed by atoms with E-state index in [0.29, 0.717) is 5.52 Å². The number of fused-ring (bicyclic) bond motifs is 1. The fraction of sp³-hybridized carbons (Fsp3) is 0.278. The summed E-state index contributed by atoms with van der Waals surface area (Å²) in [6.45, 7) is 1.63. The Balaban J connectivity index is 1.55. The van der Waals surface area contributed by atoms with Crippen molar-refractivity contribution in [3.63, 3.8) is 0 Å². The van der Waals surface area contributed by atoms with Crippen LogP contribution < -0.4 is 5.32 Å². The van der Waals surface area contributed by atoms with Crippen molar-refractivity contribution in [1.82, 2.24) is 15.2 Å². The number of para-hydroxylation sites is 1. The quantitative estimate of drug-likeness (QED) is 0.750. The SMILES string of the molecule is C[C@@H](OC(=O)c1cccc2cccnc12)C(=O)NCCN1C(=O)CSC1=O. The highest BCUT2D eigenvalue weighted by Crippen LogP contribution is 2.18. The predicted molar refractivity (Wildman–Crippen MR) is 99.2 cm³/mol. The molecule has 9 heteroatoms. The lowest BCUT2D eigenvalue weighted by Gasteiger charge is -2.16. The summed E-state index contributed by atoms with van der Waals surface area (Å²) in [7, 11) is 0. The summed E-state index contributed by atoms with van der Waals surface area (Å²) >= 11 is 0.935. The molecule has 140 valence electrons. The van der Waals surface area contributed by atoms with Crippen LogP contribution >= 0.6 is 11.8 Å². The highest BCUT2D eigenvalue weighted by atomic mass is 32.2. The highest BCUT2D eigenvalue weighted by Gasteiger charge is 2.29. The first-order valence-corrected chi connectivity index (χ1v) is 9.25. The van der Waals surface area contributed by atoms with Gasteiger partial charge in [0.1, 0.15) is 0 Å². The minimum atomic E-state index is -1.03. The van der Waals surface area contributed by atoms with Crippen molar-refractivity contribution in [3.05, 3.63) is 42.1 Å². The molecule has 0 aliphatic carbocycles. The van der Waals surface area contributed by atoms with E-state index in [4.69, 9.17) is 4.74 Å². The summed E-state index contributed by atoms with van der Waals surface area (Å²) in [5.41, 5.74) is 0.777. The van der Waals surface area contributed by atoms with E-state index in [2.05, 4.69) is 10.3 Å². The zero-order valence-corrected chi connectivity index (χ0v) is 15.3. The van der Waals surface area contributed by atoms with Gasteiger partial charge in [-0.15, -0.1) is 0 Å². The maximum Gasteiger partial charge on any atom is 0.341 e. The molecule has 1 aromatic carbocycles. The number of amides is 3. The number of carbonyl (C=O) groups is 4. The molecule has 1 aromatic heterocycles. The first kappa shape index (κ1) is 18.8. The van der Waals surface area contributed by atoms with Crippen molar-refractivity contribution in [3.8, 4) is 0 Å². The van der Waals surface area contributed by atoms with Crippen molar-refractivity contribution in [1.29, 1.82) is 0 Å². The van der Waals surface area contributed by atoms with Gasteiger partial charge in [0.15, 0.2) is 6.10 Å². The molecule has 1 N–H and O–H groups in total. The molecule has 1 atom stereocenters. The number of ether oxygens (including phenoxy) is 1. The molecule has 1 fully saturated rings. The molecular formula is C18H17N3O5S. The van der Waals surface area contributed by atoms with E-state index in [1.165, 1.54) is 6.92 Å². The highest BCUT2D eigenvalue weighted by molar-refractivity contribution is 8.14. The summed E-state index contributed by atoms with van der Waals surface area (Å²) in [6, 6.07) is 8.73. The molecule has 3 rings (SSSR count). The standard InChI is InChI=1S/C18H17N3O5S/c1-11(16(23)20-8-9-21-14(22)10-27-18(21)25)26-17(24)13-6-2-4-12-5-3-7-19-15(12)13/h2-7,11H,8-10H2,1H3,(H,20,23)/t11-/m1/s1. The molecule has 3 amide bonds. The Bertz CT molecular complexity index is 896. The molecule has 0 unspecified atom stereocenters. The van der Waals surface area contributed by atoms with Gasteiger partial charge < -0.3 is 10.1 Å². The predicted octanol–water partition coefficient (Wildman–Crippen LogP) is 1.59.